The van der Waals surface area contributed by atoms with Gasteiger partial charge in [-0.25, -0.2) is 9.59 Å². The van der Waals surface area contributed by atoms with Gasteiger partial charge in [-0.05, 0) is 28.8 Å². The molecule has 248 valence electrons. The van der Waals surface area contributed by atoms with Crippen molar-refractivity contribution in [3.63, 3.8) is 0 Å². The first kappa shape index (κ1) is 33.0. The summed E-state index contributed by atoms with van der Waals surface area (Å²) in [6.45, 7) is -0.411. The first-order chi connectivity index (χ1) is 23.8. The van der Waals surface area contributed by atoms with Crippen LogP contribution in [0.25, 0.3) is 0 Å². The number of rotatable bonds is 11. The molecule has 4 aromatic rings. The maximum absolute atomic E-state index is 14.1. The highest BCUT2D eigenvalue weighted by Crippen LogP contribution is 2.42. The van der Waals surface area contributed by atoms with E-state index in [1.165, 1.54) is 40.9 Å². The predicted octanol–water partition coefficient (Wildman–Crippen LogP) is 5.34. The molecule has 0 saturated carbocycles. The first-order valence-corrected chi connectivity index (χ1v) is 16.2. The van der Waals surface area contributed by atoms with E-state index < -0.39 is 47.1 Å². The van der Waals surface area contributed by atoms with E-state index in [0.29, 0.717) is 16.7 Å². The first-order valence-electron chi connectivity index (χ1n) is 15.2. The summed E-state index contributed by atoms with van der Waals surface area (Å²) >= 11 is 1.30. The van der Waals surface area contributed by atoms with Crippen molar-refractivity contribution in [1.82, 2.24) is 10.2 Å². The van der Waals surface area contributed by atoms with E-state index in [0.717, 1.165) is 5.56 Å². The van der Waals surface area contributed by atoms with E-state index in [1.807, 2.05) is 91.0 Å². The Hall–Kier alpha value is -5.95. The molecule has 0 spiro atoms. The topological polar surface area (TPSA) is 154 Å². The van der Waals surface area contributed by atoms with Crippen LogP contribution < -0.4 is 10.1 Å². The van der Waals surface area contributed by atoms with Crippen LogP contribution in [0.3, 0.4) is 0 Å². The van der Waals surface area contributed by atoms with E-state index in [-0.39, 0.29) is 35.2 Å². The lowest BCUT2D eigenvalue weighted by atomic mass is 10.0. The monoisotopic (exact) mass is 679 g/mol. The predicted molar refractivity (Wildman–Crippen MR) is 178 cm³/mol. The smallest absolute Gasteiger partial charge is 0.448 e. The molecule has 1 fully saturated rings. The van der Waals surface area contributed by atoms with Crippen molar-refractivity contribution in [2.24, 2.45) is 0 Å². The third-order valence-corrected chi connectivity index (χ3v) is 9.15. The molecule has 1 saturated heterocycles. The summed E-state index contributed by atoms with van der Waals surface area (Å²) < 4.78 is 16.6. The Morgan fingerprint density at radius 2 is 1.47 bits per heavy atom. The number of carbonyl (C=O) groups excluding carboxylic acids is 4. The molecule has 4 aromatic carbocycles. The van der Waals surface area contributed by atoms with Gasteiger partial charge in [0.1, 0.15) is 29.5 Å². The lowest BCUT2D eigenvalue weighted by Gasteiger charge is -2.49. The van der Waals surface area contributed by atoms with E-state index in [9.17, 15) is 29.3 Å². The number of carbonyl (C=O) groups is 4. The fourth-order valence-corrected chi connectivity index (χ4v) is 6.77. The number of hydrogen-bond acceptors (Lipinski definition) is 10. The molecule has 0 aromatic heterocycles. The van der Waals surface area contributed by atoms with Crippen LogP contribution in [-0.4, -0.2) is 57.5 Å². The van der Waals surface area contributed by atoms with E-state index in [4.69, 9.17) is 14.2 Å². The van der Waals surface area contributed by atoms with Crippen molar-refractivity contribution >= 4 is 41.4 Å². The lowest BCUT2D eigenvalue weighted by molar-refractivity contribution is -0.384. The number of nitrogens with zero attached hydrogens (tertiary/aromatic N) is 2. The number of amides is 2. The van der Waals surface area contributed by atoms with Gasteiger partial charge in [0, 0.05) is 23.5 Å². The Morgan fingerprint density at radius 3 is 2.06 bits per heavy atom. The van der Waals surface area contributed by atoms with Crippen LogP contribution in [0.5, 0.6) is 5.75 Å². The molecule has 49 heavy (non-hydrogen) atoms. The van der Waals surface area contributed by atoms with Gasteiger partial charge in [0.2, 0.25) is 5.91 Å². The number of nitrogens with one attached hydrogen (secondary N) is 1. The van der Waals surface area contributed by atoms with Gasteiger partial charge in [-0.15, -0.1) is 11.8 Å². The fraction of sp³-hybridized carbons (Fsp3) is 0.167. The van der Waals surface area contributed by atoms with Gasteiger partial charge in [-0.3, -0.25) is 24.6 Å². The van der Waals surface area contributed by atoms with Crippen molar-refractivity contribution < 1.29 is 38.3 Å². The number of esters is 1. The molecule has 2 amide bonds. The standard InChI is InChI=1S/C36H29N3O9S/c40-29(20-23-10-4-1-5-11-23)37-30-33(41)38-31(35(42)48-32(24-12-6-2-7-13-24)25-14-8-3-9-15-25)26(22-49-34(30)38)21-46-36(43)47-28-18-16-27(17-19-28)39(44)45/h1-19,30,32,34H,20-22H2,(H,37,40)/t30?,34-/m1/s1. The lowest BCUT2D eigenvalue weighted by Crippen LogP contribution is -2.70. The molecule has 1 N–H and O–H groups in total. The van der Waals surface area contributed by atoms with Gasteiger partial charge in [0.15, 0.2) is 6.10 Å². The quantitative estimate of drug-likeness (QED) is 0.0722. The number of nitro benzene ring substituents is 1. The van der Waals surface area contributed by atoms with Crippen LogP contribution >= 0.6 is 11.8 Å². The van der Waals surface area contributed by atoms with Gasteiger partial charge in [0.25, 0.3) is 11.6 Å². The van der Waals surface area contributed by atoms with Crippen molar-refractivity contribution in [3.8, 4) is 5.75 Å². The van der Waals surface area contributed by atoms with Crippen LogP contribution in [0.1, 0.15) is 22.8 Å². The molecular weight excluding hydrogens is 650 g/mol. The molecule has 2 heterocycles. The highest BCUT2D eigenvalue weighted by molar-refractivity contribution is 8.00. The number of benzene rings is 4. The van der Waals surface area contributed by atoms with Crippen molar-refractivity contribution in [1.29, 1.82) is 0 Å². The number of non-ortho nitro benzene ring substituents is 1. The average molecular weight is 680 g/mol. The molecule has 2 aliphatic rings. The van der Waals surface area contributed by atoms with E-state index >= 15 is 0 Å². The summed E-state index contributed by atoms with van der Waals surface area (Å²) in [6.07, 6.45) is -1.85. The largest absolute Gasteiger partial charge is 0.514 e. The summed E-state index contributed by atoms with van der Waals surface area (Å²) in [7, 11) is 0. The summed E-state index contributed by atoms with van der Waals surface area (Å²) in [4.78, 5) is 64.8. The Balaban J connectivity index is 1.23. The molecule has 0 radical (unpaired) electrons. The van der Waals surface area contributed by atoms with Gasteiger partial charge in [-0.2, -0.15) is 0 Å². The minimum atomic E-state index is -1.12. The molecule has 13 heteroatoms. The Kier molecular flexibility index (Phi) is 10.00. The zero-order valence-corrected chi connectivity index (χ0v) is 26.6. The Labute approximate surface area is 284 Å². The zero-order valence-electron chi connectivity index (χ0n) is 25.8. The van der Waals surface area contributed by atoms with E-state index in [2.05, 4.69) is 5.32 Å². The molecule has 1 unspecified atom stereocenters. The number of β-lactam (4-membered cyclic amide) rings is 1. The third-order valence-electron chi connectivity index (χ3n) is 7.81. The second kappa shape index (κ2) is 14.9. The number of hydrogen-bond donors (Lipinski definition) is 1. The number of fused-ring (bicyclic) bond motifs is 1. The van der Waals surface area contributed by atoms with Crippen molar-refractivity contribution in [3.05, 3.63) is 153 Å². The van der Waals surface area contributed by atoms with Gasteiger partial charge in [-0.1, -0.05) is 91.0 Å². The number of thioether (sulfide) groups is 1. The molecule has 12 nitrogen and oxygen atoms in total. The molecule has 0 aliphatic carbocycles. The second-order valence-electron chi connectivity index (χ2n) is 11.1. The highest BCUT2D eigenvalue weighted by atomic mass is 32.2. The molecule has 2 aliphatic heterocycles. The normalized spacial score (nSPS) is 16.7. The third kappa shape index (κ3) is 7.63. The van der Waals surface area contributed by atoms with Crippen LogP contribution in [0.2, 0.25) is 0 Å². The summed E-state index contributed by atoms with van der Waals surface area (Å²) in [6, 6.07) is 31.4. The zero-order chi connectivity index (χ0) is 34.3. The maximum atomic E-state index is 14.1. The SMILES string of the molecule is O=C(Cc1ccccc1)NC1C(=O)N2C(C(=O)OC(c3ccccc3)c3ccccc3)=C(COC(=O)Oc3ccc([N+](=O)[O-])cc3)CS[C@H]12. The van der Waals surface area contributed by atoms with Crippen LogP contribution in [0.4, 0.5) is 10.5 Å². The fourth-order valence-electron chi connectivity index (χ4n) is 5.44. The minimum Gasteiger partial charge on any atom is -0.448 e. The van der Waals surface area contributed by atoms with Crippen molar-refractivity contribution in [2.45, 2.75) is 23.9 Å². The van der Waals surface area contributed by atoms with Gasteiger partial charge in [0.05, 0.1) is 11.3 Å². The molecule has 2 atom stereocenters. The van der Waals surface area contributed by atoms with Crippen LogP contribution in [-0.2, 0) is 30.3 Å². The second-order valence-corrected chi connectivity index (χ2v) is 12.2. The summed E-state index contributed by atoms with van der Waals surface area (Å²) in [5.74, 6) is -1.46. The maximum Gasteiger partial charge on any atom is 0.514 e. The Bertz CT molecular complexity index is 1850. The highest BCUT2D eigenvalue weighted by Gasteiger charge is 2.54. The molecule has 6 rings (SSSR count). The van der Waals surface area contributed by atoms with Crippen LogP contribution in [0.15, 0.2) is 127 Å². The average Bonchev–Trinajstić information content (AvgIpc) is 3.12. The van der Waals surface area contributed by atoms with Crippen molar-refractivity contribution in [2.75, 3.05) is 12.4 Å². The minimum absolute atomic E-state index is 0.0165. The summed E-state index contributed by atoms with van der Waals surface area (Å²) in [5.41, 5.74) is 2.24. The van der Waals surface area contributed by atoms with Crippen LogP contribution in [0, 0.1) is 10.1 Å². The summed E-state index contributed by atoms with van der Waals surface area (Å²) in [5, 5.41) is 13.1. The number of ether oxygens (including phenoxy) is 3. The van der Waals surface area contributed by atoms with Gasteiger partial charge < -0.3 is 19.5 Å². The Morgan fingerprint density at radius 1 is 0.878 bits per heavy atom. The number of nitro groups is 1. The van der Waals surface area contributed by atoms with E-state index in [1.54, 1.807) is 0 Å². The van der Waals surface area contributed by atoms with Gasteiger partial charge >= 0.3 is 12.1 Å². The molecular formula is C36H29N3O9S. The molecule has 0 bridgehead atoms.